The van der Waals surface area contributed by atoms with Crippen molar-refractivity contribution in [3.8, 4) is 0 Å². The van der Waals surface area contributed by atoms with Crippen LogP contribution >= 0.6 is 15.9 Å². The number of hydrogen-bond donors (Lipinski definition) is 1. The van der Waals surface area contributed by atoms with Gasteiger partial charge in [0.2, 0.25) is 0 Å². The number of ether oxygens (including phenoxy) is 1. The first kappa shape index (κ1) is 14.6. The summed E-state index contributed by atoms with van der Waals surface area (Å²) in [4.78, 5) is 2.23. The lowest BCUT2D eigenvalue weighted by Crippen LogP contribution is -2.36. The van der Waals surface area contributed by atoms with Crippen molar-refractivity contribution in [2.24, 2.45) is 5.73 Å². The summed E-state index contributed by atoms with van der Waals surface area (Å²) in [5.41, 5.74) is 6.95. The van der Waals surface area contributed by atoms with Gasteiger partial charge in [0.05, 0.1) is 6.10 Å². The van der Waals surface area contributed by atoms with Gasteiger partial charge in [0.25, 0.3) is 0 Å². The Morgan fingerprint density at radius 2 is 2.12 bits per heavy atom. The van der Waals surface area contributed by atoms with E-state index in [4.69, 9.17) is 10.5 Å². The minimum atomic E-state index is 0.118. The molecule has 1 atom stereocenters. The third-order valence-corrected chi connectivity index (χ3v) is 3.35. The lowest BCUT2D eigenvalue weighted by atomic mass is 10.2. The molecule has 0 aliphatic carbocycles. The summed E-state index contributed by atoms with van der Waals surface area (Å²) < 4.78 is 6.70. The number of rotatable bonds is 7. The Bertz CT molecular complexity index is 333. The summed E-state index contributed by atoms with van der Waals surface area (Å²) in [6, 6.07) is 8.26. The highest BCUT2D eigenvalue weighted by atomic mass is 79.9. The maximum Gasteiger partial charge on any atom is 0.0823 e. The van der Waals surface area contributed by atoms with Gasteiger partial charge in [-0.05, 0) is 25.6 Å². The number of benzene rings is 1. The van der Waals surface area contributed by atoms with Gasteiger partial charge in [-0.25, -0.2) is 0 Å². The van der Waals surface area contributed by atoms with E-state index in [2.05, 4.69) is 46.1 Å². The van der Waals surface area contributed by atoms with Gasteiger partial charge in [0.15, 0.2) is 0 Å². The van der Waals surface area contributed by atoms with E-state index in [0.29, 0.717) is 13.2 Å². The lowest BCUT2D eigenvalue weighted by Gasteiger charge is -2.23. The molecule has 1 rings (SSSR count). The van der Waals surface area contributed by atoms with Gasteiger partial charge in [-0.3, -0.25) is 4.90 Å². The van der Waals surface area contributed by atoms with E-state index in [0.717, 1.165) is 17.6 Å². The van der Waals surface area contributed by atoms with E-state index < -0.39 is 0 Å². The highest BCUT2D eigenvalue weighted by molar-refractivity contribution is 9.10. The van der Waals surface area contributed by atoms with Crippen molar-refractivity contribution in [1.29, 1.82) is 0 Å². The van der Waals surface area contributed by atoms with Gasteiger partial charge in [-0.15, -0.1) is 0 Å². The van der Waals surface area contributed by atoms with Gasteiger partial charge in [0.1, 0.15) is 0 Å². The van der Waals surface area contributed by atoms with Crippen LogP contribution in [-0.2, 0) is 11.3 Å². The molecule has 1 aromatic carbocycles. The smallest absolute Gasteiger partial charge is 0.0823 e. The average Bonchev–Trinajstić information content (AvgIpc) is 2.31. The van der Waals surface area contributed by atoms with Crippen LogP contribution in [0, 0.1) is 0 Å². The van der Waals surface area contributed by atoms with Crippen LogP contribution in [0.2, 0.25) is 0 Å². The molecule has 0 amide bonds. The first-order valence-electron chi connectivity index (χ1n) is 5.91. The van der Waals surface area contributed by atoms with Crippen LogP contribution < -0.4 is 5.73 Å². The fourth-order valence-electron chi connectivity index (χ4n) is 1.76. The highest BCUT2D eigenvalue weighted by Crippen LogP contribution is 2.17. The summed E-state index contributed by atoms with van der Waals surface area (Å²) in [6.45, 7) is 5.02. The molecular weight excluding hydrogens is 280 g/mol. The van der Waals surface area contributed by atoms with Gasteiger partial charge in [-0.1, -0.05) is 34.1 Å². The Kier molecular flexibility index (Phi) is 6.73. The van der Waals surface area contributed by atoms with Crippen molar-refractivity contribution in [2.45, 2.75) is 19.6 Å². The summed E-state index contributed by atoms with van der Waals surface area (Å²) in [7, 11) is 2.08. The second-order valence-electron chi connectivity index (χ2n) is 4.10. The zero-order chi connectivity index (χ0) is 12.7. The molecule has 0 bridgehead atoms. The van der Waals surface area contributed by atoms with Gasteiger partial charge < -0.3 is 10.5 Å². The van der Waals surface area contributed by atoms with Gasteiger partial charge >= 0.3 is 0 Å². The summed E-state index contributed by atoms with van der Waals surface area (Å²) in [5, 5.41) is 0. The highest BCUT2D eigenvalue weighted by Gasteiger charge is 2.10. The van der Waals surface area contributed by atoms with Crippen molar-refractivity contribution in [3.05, 3.63) is 34.3 Å². The Labute approximate surface area is 112 Å². The summed E-state index contributed by atoms with van der Waals surface area (Å²) in [6.07, 6.45) is 0.118. The number of nitrogens with two attached hydrogens (primary N) is 1. The molecule has 4 heteroatoms. The minimum Gasteiger partial charge on any atom is -0.376 e. The third kappa shape index (κ3) is 5.17. The predicted molar refractivity (Wildman–Crippen MR) is 74.9 cm³/mol. The van der Waals surface area contributed by atoms with Gasteiger partial charge in [-0.2, -0.15) is 0 Å². The second-order valence-corrected chi connectivity index (χ2v) is 4.96. The Balaban J connectivity index is 2.49. The minimum absolute atomic E-state index is 0.118. The van der Waals surface area contributed by atoms with Crippen LogP contribution in [0.4, 0.5) is 0 Å². The standard InChI is InChI=1S/C13H21BrN2O/c1-3-17-12(8-15)10-16(2)9-11-6-4-5-7-13(11)14/h4-7,12H,3,8-10,15H2,1-2H3. The molecule has 0 saturated carbocycles. The molecule has 1 aromatic rings. The Hall–Kier alpha value is -0.420. The number of nitrogens with zero attached hydrogens (tertiary/aromatic N) is 1. The number of halogens is 1. The van der Waals surface area contributed by atoms with Crippen LogP contribution in [0.1, 0.15) is 12.5 Å². The fraction of sp³-hybridized carbons (Fsp3) is 0.538. The van der Waals surface area contributed by atoms with Crippen LogP contribution in [-0.4, -0.2) is 37.7 Å². The van der Waals surface area contributed by atoms with Crippen LogP contribution in [0.25, 0.3) is 0 Å². The quantitative estimate of drug-likeness (QED) is 0.839. The molecule has 0 aliphatic rings. The van der Waals surface area contributed by atoms with E-state index in [1.165, 1.54) is 5.56 Å². The van der Waals surface area contributed by atoms with E-state index in [9.17, 15) is 0 Å². The molecule has 0 radical (unpaired) electrons. The molecule has 96 valence electrons. The molecule has 2 N–H and O–H groups in total. The van der Waals surface area contributed by atoms with Crippen molar-refractivity contribution < 1.29 is 4.74 Å². The van der Waals surface area contributed by atoms with Crippen LogP contribution in [0.3, 0.4) is 0 Å². The maximum atomic E-state index is 5.67. The zero-order valence-electron chi connectivity index (χ0n) is 10.5. The number of likely N-dealkylation sites (N-methyl/N-ethyl adjacent to an activating group) is 1. The SMILES string of the molecule is CCOC(CN)CN(C)Cc1ccccc1Br. The van der Waals surface area contributed by atoms with E-state index >= 15 is 0 Å². The van der Waals surface area contributed by atoms with Crippen molar-refractivity contribution in [1.82, 2.24) is 4.90 Å². The topological polar surface area (TPSA) is 38.5 Å². The molecule has 3 nitrogen and oxygen atoms in total. The molecule has 0 spiro atoms. The average molecular weight is 301 g/mol. The monoisotopic (exact) mass is 300 g/mol. The number of hydrogen-bond acceptors (Lipinski definition) is 3. The first-order valence-corrected chi connectivity index (χ1v) is 6.70. The predicted octanol–water partition coefficient (Wildman–Crippen LogP) is 2.24. The van der Waals surface area contributed by atoms with E-state index in [-0.39, 0.29) is 6.10 Å². The third-order valence-electron chi connectivity index (χ3n) is 2.58. The Morgan fingerprint density at radius 3 is 2.71 bits per heavy atom. The zero-order valence-corrected chi connectivity index (χ0v) is 12.1. The summed E-state index contributed by atoms with van der Waals surface area (Å²) >= 11 is 3.56. The molecular formula is C13H21BrN2O. The lowest BCUT2D eigenvalue weighted by molar-refractivity contribution is 0.0437. The van der Waals surface area contributed by atoms with E-state index in [1.807, 2.05) is 13.0 Å². The molecule has 1 unspecified atom stereocenters. The normalized spacial score (nSPS) is 13.0. The maximum absolute atomic E-state index is 5.67. The first-order chi connectivity index (χ1) is 8.17. The Morgan fingerprint density at radius 1 is 1.41 bits per heavy atom. The molecule has 0 saturated heterocycles. The largest absolute Gasteiger partial charge is 0.376 e. The molecule has 0 aromatic heterocycles. The van der Waals surface area contributed by atoms with Crippen molar-refractivity contribution in [3.63, 3.8) is 0 Å². The second kappa shape index (κ2) is 7.82. The summed E-state index contributed by atoms with van der Waals surface area (Å²) in [5.74, 6) is 0. The van der Waals surface area contributed by atoms with E-state index in [1.54, 1.807) is 0 Å². The van der Waals surface area contributed by atoms with Crippen molar-refractivity contribution >= 4 is 15.9 Å². The van der Waals surface area contributed by atoms with Crippen molar-refractivity contribution in [2.75, 3.05) is 26.7 Å². The van der Waals surface area contributed by atoms with Gasteiger partial charge in [0, 0.05) is 30.7 Å². The molecule has 0 aliphatic heterocycles. The molecule has 0 heterocycles. The van der Waals surface area contributed by atoms with Crippen LogP contribution in [0.15, 0.2) is 28.7 Å². The molecule has 0 fully saturated rings. The van der Waals surface area contributed by atoms with Crippen LogP contribution in [0.5, 0.6) is 0 Å². The molecule has 17 heavy (non-hydrogen) atoms. The fourth-order valence-corrected chi connectivity index (χ4v) is 2.17.